The molecule has 2 heterocycles. The molecule has 0 radical (unpaired) electrons. The van der Waals surface area contributed by atoms with E-state index < -0.39 is 5.41 Å². The van der Waals surface area contributed by atoms with Crippen LogP contribution in [0.5, 0.6) is 0 Å². The van der Waals surface area contributed by atoms with Gasteiger partial charge in [0.15, 0.2) is 11.2 Å². The van der Waals surface area contributed by atoms with Crippen molar-refractivity contribution in [2.45, 2.75) is 5.41 Å². The van der Waals surface area contributed by atoms with E-state index in [1.54, 1.807) is 0 Å². The predicted octanol–water partition coefficient (Wildman–Crippen LogP) is 13.0. The van der Waals surface area contributed by atoms with Gasteiger partial charge < -0.3 is 8.83 Å². The van der Waals surface area contributed by atoms with E-state index in [2.05, 4.69) is 133 Å². The van der Waals surface area contributed by atoms with Gasteiger partial charge in [0.25, 0.3) is 0 Å². The fourth-order valence-corrected chi connectivity index (χ4v) is 9.19. The smallest absolute Gasteiger partial charge is 0.227 e. The van der Waals surface area contributed by atoms with Crippen LogP contribution in [0.2, 0.25) is 0 Å². The molecule has 0 fully saturated rings. The van der Waals surface area contributed by atoms with Crippen LogP contribution in [0.1, 0.15) is 22.3 Å². The Morgan fingerprint density at radius 1 is 0.309 bits per heavy atom. The largest absolute Gasteiger partial charge is 0.436 e. The number of oxazole rings is 2. The first kappa shape index (κ1) is 30.2. The van der Waals surface area contributed by atoms with Crippen LogP contribution in [0.25, 0.3) is 89.6 Å². The SMILES string of the molecule is c1cc(-c2cc(-c3nc4ccccc4o3)cc(-c3nc4ccccc4o3)c2)cc(-c2ccc3c(c2)C2(c4ccccc4-c4ccccc42)c2ccccc2-3)c1. The number of nitrogens with zero attached hydrogens (tertiary/aromatic N) is 2. The highest BCUT2D eigenvalue weighted by Crippen LogP contribution is 2.63. The maximum atomic E-state index is 6.29. The first-order valence-electron chi connectivity index (χ1n) is 18.6. The Hall–Kier alpha value is -7.30. The molecular formula is C51H30N2O2. The van der Waals surface area contributed by atoms with Crippen LogP contribution in [-0.4, -0.2) is 9.97 Å². The molecule has 2 aliphatic rings. The lowest BCUT2D eigenvalue weighted by molar-refractivity contribution is 0.617. The van der Waals surface area contributed by atoms with E-state index in [-0.39, 0.29) is 0 Å². The maximum Gasteiger partial charge on any atom is 0.227 e. The van der Waals surface area contributed by atoms with Crippen LogP contribution in [0, 0.1) is 0 Å². The van der Waals surface area contributed by atoms with Crippen LogP contribution >= 0.6 is 0 Å². The topological polar surface area (TPSA) is 52.1 Å². The summed E-state index contributed by atoms with van der Waals surface area (Å²) in [5.74, 6) is 1.11. The predicted molar refractivity (Wildman–Crippen MR) is 220 cm³/mol. The summed E-state index contributed by atoms with van der Waals surface area (Å²) in [5, 5.41) is 0. The first-order valence-corrected chi connectivity index (χ1v) is 18.6. The molecule has 0 aliphatic heterocycles. The van der Waals surface area contributed by atoms with Gasteiger partial charge in [0.1, 0.15) is 11.0 Å². The standard InChI is InChI=1S/C51H30N2O2/c1-4-17-41-37(14-1)38-15-2-5-18-42(38)51(41)43-19-6-3-16-39(43)40-25-24-33(30-44(40)51)31-12-11-13-32(26-31)34-27-35(49-52-45-20-7-9-22-47(45)54-49)29-36(28-34)50-53-46-21-8-10-23-48(46)55-50/h1-30H. The monoisotopic (exact) mass is 702 g/mol. The van der Waals surface area contributed by atoms with Crippen molar-refractivity contribution >= 4 is 22.2 Å². The first-order chi connectivity index (χ1) is 27.2. The summed E-state index contributed by atoms with van der Waals surface area (Å²) in [6.45, 7) is 0. The van der Waals surface area contributed by atoms with Crippen LogP contribution in [0.15, 0.2) is 191 Å². The minimum absolute atomic E-state index is 0.394. The van der Waals surface area contributed by atoms with Crippen molar-refractivity contribution in [1.82, 2.24) is 9.97 Å². The molecule has 256 valence electrons. The normalized spacial score (nSPS) is 13.2. The van der Waals surface area contributed by atoms with Gasteiger partial charge in [0.2, 0.25) is 11.8 Å². The maximum absolute atomic E-state index is 6.29. The molecule has 0 N–H and O–H groups in total. The molecule has 10 aromatic rings. The summed E-state index contributed by atoms with van der Waals surface area (Å²) in [7, 11) is 0. The van der Waals surface area contributed by atoms with Gasteiger partial charge in [0, 0.05) is 11.1 Å². The Balaban J connectivity index is 1.03. The number of aromatic nitrogens is 2. The molecule has 1 spiro atoms. The quantitative estimate of drug-likeness (QED) is 0.183. The molecule has 8 aromatic carbocycles. The summed E-state index contributed by atoms with van der Waals surface area (Å²) >= 11 is 0. The number of rotatable bonds is 4. The molecular weight excluding hydrogens is 673 g/mol. The second kappa shape index (κ2) is 11.3. The second-order valence-corrected chi connectivity index (χ2v) is 14.5. The highest BCUT2D eigenvalue weighted by atomic mass is 16.4. The van der Waals surface area contributed by atoms with Gasteiger partial charge in [-0.05, 0) is 121 Å². The van der Waals surface area contributed by atoms with Crippen molar-refractivity contribution in [2.24, 2.45) is 0 Å². The third kappa shape index (κ3) is 4.34. The highest BCUT2D eigenvalue weighted by Gasteiger charge is 2.51. The minimum atomic E-state index is -0.394. The van der Waals surface area contributed by atoms with E-state index >= 15 is 0 Å². The van der Waals surface area contributed by atoms with Gasteiger partial charge in [-0.3, -0.25) is 0 Å². The number of hydrogen-bond donors (Lipinski definition) is 0. The Morgan fingerprint density at radius 2 is 0.727 bits per heavy atom. The summed E-state index contributed by atoms with van der Waals surface area (Å²) < 4.78 is 12.6. The third-order valence-electron chi connectivity index (χ3n) is 11.5. The lowest BCUT2D eigenvalue weighted by Crippen LogP contribution is -2.25. The Labute approximate surface area is 317 Å². The summed E-state index contributed by atoms with van der Waals surface area (Å²) in [6, 6.07) is 64.8. The van der Waals surface area contributed by atoms with Crippen molar-refractivity contribution in [3.05, 3.63) is 204 Å². The Morgan fingerprint density at radius 3 is 1.27 bits per heavy atom. The average molecular weight is 703 g/mol. The summed E-state index contributed by atoms with van der Waals surface area (Å²) in [5.41, 5.74) is 19.4. The van der Waals surface area contributed by atoms with E-state index in [1.807, 2.05) is 48.5 Å². The minimum Gasteiger partial charge on any atom is -0.436 e. The van der Waals surface area contributed by atoms with Crippen LogP contribution in [-0.2, 0) is 5.41 Å². The zero-order chi connectivity index (χ0) is 36.1. The van der Waals surface area contributed by atoms with Gasteiger partial charge in [-0.1, -0.05) is 127 Å². The number of hydrogen-bond acceptors (Lipinski definition) is 4. The van der Waals surface area contributed by atoms with Gasteiger partial charge in [-0.15, -0.1) is 0 Å². The highest BCUT2D eigenvalue weighted by molar-refractivity contribution is 5.96. The zero-order valence-electron chi connectivity index (χ0n) is 29.5. The molecule has 0 atom stereocenters. The van der Waals surface area contributed by atoms with E-state index in [4.69, 9.17) is 18.8 Å². The van der Waals surface area contributed by atoms with Crippen molar-refractivity contribution in [3.8, 4) is 67.4 Å². The molecule has 0 unspecified atom stereocenters. The molecule has 0 saturated carbocycles. The Bertz CT molecular complexity index is 2960. The van der Waals surface area contributed by atoms with Crippen molar-refractivity contribution in [1.29, 1.82) is 0 Å². The number of para-hydroxylation sites is 4. The van der Waals surface area contributed by atoms with E-state index in [1.165, 1.54) is 50.1 Å². The van der Waals surface area contributed by atoms with Gasteiger partial charge in [0.05, 0.1) is 5.41 Å². The molecule has 4 nitrogen and oxygen atoms in total. The lowest BCUT2D eigenvalue weighted by Gasteiger charge is -2.30. The number of fused-ring (bicyclic) bond motifs is 12. The molecule has 2 aliphatic carbocycles. The molecule has 4 heteroatoms. The molecule has 0 bridgehead atoms. The zero-order valence-corrected chi connectivity index (χ0v) is 29.5. The second-order valence-electron chi connectivity index (χ2n) is 14.5. The fraction of sp³-hybridized carbons (Fsp3) is 0.0196. The molecule has 12 rings (SSSR count). The lowest BCUT2D eigenvalue weighted by atomic mass is 9.70. The summed E-state index contributed by atoms with van der Waals surface area (Å²) in [6.07, 6.45) is 0. The van der Waals surface area contributed by atoms with E-state index in [0.717, 1.165) is 50.0 Å². The molecule has 2 aromatic heterocycles. The molecule has 55 heavy (non-hydrogen) atoms. The van der Waals surface area contributed by atoms with Crippen molar-refractivity contribution in [2.75, 3.05) is 0 Å². The summed E-state index contributed by atoms with van der Waals surface area (Å²) in [4.78, 5) is 9.72. The van der Waals surface area contributed by atoms with Crippen LogP contribution < -0.4 is 0 Å². The van der Waals surface area contributed by atoms with Crippen LogP contribution in [0.4, 0.5) is 0 Å². The molecule has 0 amide bonds. The van der Waals surface area contributed by atoms with Gasteiger partial charge >= 0.3 is 0 Å². The van der Waals surface area contributed by atoms with Crippen molar-refractivity contribution in [3.63, 3.8) is 0 Å². The average Bonchev–Trinajstić information content (AvgIpc) is 4.02. The van der Waals surface area contributed by atoms with Crippen molar-refractivity contribution < 1.29 is 8.83 Å². The van der Waals surface area contributed by atoms with Gasteiger partial charge in [-0.2, -0.15) is 0 Å². The molecule has 0 saturated heterocycles. The number of benzene rings is 8. The van der Waals surface area contributed by atoms with E-state index in [0.29, 0.717) is 11.8 Å². The van der Waals surface area contributed by atoms with Gasteiger partial charge in [-0.25, -0.2) is 9.97 Å². The van der Waals surface area contributed by atoms with E-state index in [9.17, 15) is 0 Å². The fourth-order valence-electron chi connectivity index (χ4n) is 9.19. The van der Waals surface area contributed by atoms with Crippen LogP contribution in [0.3, 0.4) is 0 Å². The third-order valence-corrected chi connectivity index (χ3v) is 11.5. The Kier molecular flexibility index (Phi) is 6.23.